The minimum absolute atomic E-state index is 0.114. The number of hydrogen-bond acceptors (Lipinski definition) is 5. The predicted molar refractivity (Wildman–Crippen MR) is 151 cm³/mol. The van der Waals surface area contributed by atoms with Gasteiger partial charge in [-0.1, -0.05) is 26.0 Å². The van der Waals surface area contributed by atoms with Gasteiger partial charge in [-0.05, 0) is 36.6 Å². The molecule has 1 aliphatic rings. The number of amides is 2. The van der Waals surface area contributed by atoms with Crippen LogP contribution in [0.5, 0.6) is 5.75 Å². The number of pyridine rings is 1. The summed E-state index contributed by atoms with van der Waals surface area (Å²) in [6.07, 6.45) is -4.05. The number of anilines is 2. The van der Waals surface area contributed by atoms with E-state index < -0.39 is 40.9 Å². The van der Waals surface area contributed by atoms with Crippen LogP contribution in [-0.2, 0) is 19.1 Å². The lowest BCUT2D eigenvalue weighted by Crippen LogP contribution is -2.32. The first-order chi connectivity index (χ1) is 20.7. The van der Waals surface area contributed by atoms with Crippen LogP contribution in [0.4, 0.5) is 42.6 Å². The highest BCUT2D eigenvalue weighted by atomic mass is 19.4. The van der Waals surface area contributed by atoms with Gasteiger partial charge in [-0.3, -0.25) is 0 Å². The van der Waals surface area contributed by atoms with Crippen molar-refractivity contribution in [1.82, 2.24) is 14.8 Å². The number of aromatic nitrogens is 3. The van der Waals surface area contributed by atoms with Crippen molar-refractivity contribution in [2.75, 3.05) is 23.4 Å². The summed E-state index contributed by atoms with van der Waals surface area (Å²) in [5.74, 6) is -2.81. The molecule has 44 heavy (non-hydrogen) atoms. The lowest BCUT2D eigenvalue weighted by molar-refractivity contribution is -0.138. The van der Waals surface area contributed by atoms with Gasteiger partial charge in [0.25, 0.3) is 0 Å². The second-order valence-corrected chi connectivity index (χ2v) is 10.8. The first-order valence-electron chi connectivity index (χ1n) is 13.6. The molecule has 0 atom stereocenters. The van der Waals surface area contributed by atoms with E-state index in [2.05, 4.69) is 4.98 Å². The Balaban J connectivity index is 1.69. The quantitative estimate of drug-likeness (QED) is 0.223. The molecule has 3 heterocycles. The molecular weight excluding hydrogens is 590 g/mol. The highest BCUT2D eigenvalue weighted by Gasteiger charge is 2.34. The van der Waals surface area contributed by atoms with E-state index in [9.17, 15) is 22.4 Å². The number of nitrogens with zero attached hydrogens (tertiary/aromatic N) is 4. The molecule has 0 saturated heterocycles. The third-order valence-corrected chi connectivity index (χ3v) is 7.04. The summed E-state index contributed by atoms with van der Waals surface area (Å²) in [6, 6.07) is 6.25. The van der Waals surface area contributed by atoms with E-state index in [1.165, 1.54) is 9.58 Å². The van der Waals surface area contributed by atoms with Gasteiger partial charge in [0.1, 0.15) is 23.1 Å². The van der Waals surface area contributed by atoms with Gasteiger partial charge in [-0.2, -0.15) is 18.3 Å². The summed E-state index contributed by atoms with van der Waals surface area (Å²) in [5.41, 5.74) is 5.29. The number of benzene rings is 2. The topological polar surface area (TPSA) is 98.3 Å². The molecular formula is C30H28F6N6O2. The number of ether oxygens (including phenoxy) is 1. The number of urea groups is 1. The van der Waals surface area contributed by atoms with Crippen molar-refractivity contribution in [3.63, 3.8) is 0 Å². The lowest BCUT2D eigenvalue weighted by Gasteiger charge is -2.28. The zero-order valence-corrected chi connectivity index (χ0v) is 23.9. The number of para-hydroxylation sites is 1. The summed E-state index contributed by atoms with van der Waals surface area (Å²) in [6.45, 7) is 6.10. The molecule has 4 aromatic rings. The highest BCUT2D eigenvalue weighted by molar-refractivity contribution is 5.88. The molecule has 3 N–H and O–H groups in total. The number of alkyl halides is 3. The van der Waals surface area contributed by atoms with Crippen LogP contribution in [0.15, 0.2) is 42.6 Å². The molecule has 2 amide bonds. The zero-order valence-electron chi connectivity index (χ0n) is 23.9. The Morgan fingerprint density at radius 2 is 1.86 bits per heavy atom. The molecule has 232 valence electrons. The van der Waals surface area contributed by atoms with Gasteiger partial charge in [0.05, 0.1) is 29.2 Å². The van der Waals surface area contributed by atoms with E-state index in [0.717, 1.165) is 12.1 Å². The minimum atomic E-state index is -4.78. The maximum absolute atomic E-state index is 15.8. The Hall–Kier alpha value is -4.75. The molecule has 0 unspecified atom stereocenters. The number of rotatable bonds is 7. The van der Waals surface area contributed by atoms with E-state index in [0.29, 0.717) is 47.1 Å². The van der Waals surface area contributed by atoms with E-state index in [1.54, 1.807) is 25.1 Å². The summed E-state index contributed by atoms with van der Waals surface area (Å²) in [5, 5.41) is 6.79. The van der Waals surface area contributed by atoms with Crippen molar-refractivity contribution in [1.29, 1.82) is 0 Å². The van der Waals surface area contributed by atoms with Gasteiger partial charge < -0.3 is 20.7 Å². The predicted octanol–water partition coefficient (Wildman–Crippen LogP) is 6.77. The van der Waals surface area contributed by atoms with E-state index in [1.807, 2.05) is 19.2 Å². The Labute approximate surface area is 248 Å². The Morgan fingerprint density at radius 3 is 2.52 bits per heavy atom. The standard InChI is InChI=1S/C30H28F6N6O2/c1-15(2)14-44-25-6-4-5-16(3)26(25)42-27(18-10-21(32)24(11-20(18)31)39-29(37)43)19-13-41(8-7-23(19)40-42)28-22(33)9-17(12-38-28)30(34,35)36/h4-6,9-12,15H,7-8,13-14H2,1-3H3,(H3,37,39,43). The van der Waals surface area contributed by atoms with Gasteiger partial charge in [0, 0.05) is 42.9 Å². The number of primary amides is 1. The van der Waals surface area contributed by atoms with Crippen molar-refractivity contribution in [3.8, 4) is 22.7 Å². The minimum Gasteiger partial charge on any atom is -0.491 e. The van der Waals surface area contributed by atoms with Crippen LogP contribution in [0.3, 0.4) is 0 Å². The van der Waals surface area contributed by atoms with E-state index in [-0.39, 0.29) is 42.5 Å². The number of nitrogens with one attached hydrogen (secondary N) is 1. The van der Waals surface area contributed by atoms with Crippen LogP contribution < -0.4 is 20.7 Å². The number of fused-ring (bicyclic) bond motifs is 1. The maximum Gasteiger partial charge on any atom is 0.417 e. The third kappa shape index (κ3) is 6.01. The molecule has 0 aliphatic carbocycles. The van der Waals surface area contributed by atoms with Crippen molar-refractivity contribution in [2.24, 2.45) is 11.7 Å². The Kier molecular flexibility index (Phi) is 8.19. The van der Waals surface area contributed by atoms with Gasteiger partial charge in [-0.25, -0.2) is 27.6 Å². The second-order valence-electron chi connectivity index (χ2n) is 10.8. The summed E-state index contributed by atoms with van der Waals surface area (Å²) >= 11 is 0. The first kappa shape index (κ1) is 30.7. The number of aryl methyl sites for hydroxylation is 1. The smallest absolute Gasteiger partial charge is 0.417 e. The van der Waals surface area contributed by atoms with Crippen LogP contribution in [0.1, 0.15) is 36.2 Å². The molecule has 2 aromatic heterocycles. The largest absolute Gasteiger partial charge is 0.491 e. The highest BCUT2D eigenvalue weighted by Crippen LogP contribution is 2.40. The van der Waals surface area contributed by atoms with E-state index >= 15 is 8.78 Å². The monoisotopic (exact) mass is 618 g/mol. The summed E-state index contributed by atoms with van der Waals surface area (Å²) in [7, 11) is 0. The second kappa shape index (κ2) is 11.7. The molecule has 0 bridgehead atoms. The van der Waals surface area contributed by atoms with Gasteiger partial charge in [-0.15, -0.1) is 0 Å². The number of halogens is 6. The normalized spacial score (nSPS) is 13.3. The summed E-state index contributed by atoms with van der Waals surface area (Å²) in [4.78, 5) is 16.5. The van der Waals surface area contributed by atoms with Gasteiger partial charge in [0.15, 0.2) is 11.6 Å². The van der Waals surface area contributed by atoms with Crippen molar-refractivity contribution >= 4 is 17.5 Å². The Bertz CT molecular complexity index is 1740. The van der Waals surface area contributed by atoms with Crippen LogP contribution in [0, 0.1) is 30.3 Å². The zero-order chi connectivity index (χ0) is 31.9. The molecule has 0 fully saturated rings. The van der Waals surface area contributed by atoms with Crippen LogP contribution in [-0.4, -0.2) is 33.9 Å². The van der Waals surface area contributed by atoms with Crippen LogP contribution >= 0.6 is 0 Å². The fourth-order valence-corrected chi connectivity index (χ4v) is 5.04. The fourth-order valence-electron chi connectivity index (χ4n) is 5.04. The molecule has 0 saturated carbocycles. The molecule has 1 aliphatic heterocycles. The van der Waals surface area contributed by atoms with Crippen LogP contribution in [0.25, 0.3) is 16.9 Å². The van der Waals surface area contributed by atoms with Crippen molar-refractivity contribution in [2.45, 2.75) is 39.9 Å². The molecule has 8 nitrogen and oxygen atoms in total. The molecule has 0 spiro atoms. The lowest BCUT2D eigenvalue weighted by atomic mass is 9.99. The number of carbonyl (C=O) groups is 1. The molecule has 2 aromatic carbocycles. The number of carbonyl (C=O) groups excluding carboxylic acids is 1. The third-order valence-electron chi connectivity index (χ3n) is 7.04. The Morgan fingerprint density at radius 1 is 1.11 bits per heavy atom. The molecule has 14 heteroatoms. The average Bonchev–Trinajstić information content (AvgIpc) is 3.30. The van der Waals surface area contributed by atoms with E-state index in [4.69, 9.17) is 15.6 Å². The molecule has 5 rings (SSSR count). The van der Waals surface area contributed by atoms with Crippen LogP contribution in [0.2, 0.25) is 0 Å². The van der Waals surface area contributed by atoms with Crippen molar-refractivity contribution < 1.29 is 35.9 Å². The number of nitrogens with two attached hydrogens (primary N) is 1. The average molecular weight is 619 g/mol. The first-order valence-corrected chi connectivity index (χ1v) is 13.6. The summed E-state index contributed by atoms with van der Waals surface area (Å²) < 4.78 is 92.9. The maximum atomic E-state index is 15.8. The SMILES string of the molecule is Cc1cccc(OCC(C)C)c1-n1nc2c(c1-c1cc(F)c(NC(N)=O)cc1F)CN(c1ncc(C(F)(F)F)cc1F)CC2. The molecule has 0 radical (unpaired) electrons. The van der Waals surface area contributed by atoms with Crippen molar-refractivity contribution in [3.05, 3.63) is 82.4 Å². The fraction of sp³-hybridized carbons (Fsp3) is 0.300. The van der Waals surface area contributed by atoms with Gasteiger partial charge >= 0.3 is 12.2 Å². The number of hydrogen-bond donors (Lipinski definition) is 2. The van der Waals surface area contributed by atoms with Gasteiger partial charge in [0.2, 0.25) is 0 Å².